The fourth-order valence-corrected chi connectivity index (χ4v) is 3.04. The Balaban J connectivity index is 0.00000147. The average Bonchev–Trinajstić information content (AvgIpc) is 2.57. The predicted octanol–water partition coefficient (Wildman–Crippen LogP) is 3.81. The zero-order valence-corrected chi connectivity index (χ0v) is 11.9. The minimum atomic E-state index is -0.739. The van der Waals surface area contributed by atoms with Crippen LogP contribution in [0.25, 0.3) is 0 Å². The Hall–Kier alpha value is -1.80. The summed E-state index contributed by atoms with van der Waals surface area (Å²) in [6.45, 7) is 0. The summed E-state index contributed by atoms with van der Waals surface area (Å²) < 4.78 is 0. The minimum absolute atomic E-state index is 0. The third-order valence-electron chi connectivity index (χ3n) is 3.90. The van der Waals surface area contributed by atoms with Gasteiger partial charge >= 0.3 is 5.97 Å². The van der Waals surface area contributed by atoms with Crippen LogP contribution in [0.4, 0.5) is 0 Å². The van der Waals surface area contributed by atoms with Crippen molar-refractivity contribution in [3.05, 3.63) is 70.8 Å². The number of hydrogen-bond donors (Lipinski definition) is 1. The summed E-state index contributed by atoms with van der Waals surface area (Å²) in [6, 6.07) is 16.5. The van der Waals surface area contributed by atoms with Crippen LogP contribution in [-0.2, 0) is 17.6 Å². The third kappa shape index (κ3) is 2.70. The summed E-state index contributed by atoms with van der Waals surface area (Å²) in [5.74, 6) is -0.760. The summed E-state index contributed by atoms with van der Waals surface area (Å²) in [5.41, 5.74) is 4.92. The van der Waals surface area contributed by atoms with Crippen molar-refractivity contribution in [3.63, 3.8) is 0 Å². The number of carboxylic acid groups (broad SMARTS) is 1. The van der Waals surface area contributed by atoms with Crippen molar-refractivity contribution in [2.24, 2.45) is 0 Å². The van der Waals surface area contributed by atoms with Gasteiger partial charge in [-0.15, -0.1) is 12.4 Å². The zero-order chi connectivity index (χ0) is 13.2. The summed E-state index contributed by atoms with van der Waals surface area (Å²) in [5, 5.41) is 9.21. The molecule has 0 spiro atoms. The lowest BCUT2D eigenvalue weighted by Gasteiger charge is -2.18. The molecule has 0 atom stereocenters. The molecule has 0 aromatic heterocycles. The Bertz CT molecular complexity index is 574. The van der Waals surface area contributed by atoms with E-state index in [1.807, 2.05) is 24.3 Å². The summed E-state index contributed by atoms with van der Waals surface area (Å²) in [7, 11) is 0. The van der Waals surface area contributed by atoms with Crippen molar-refractivity contribution < 1.29 is 9.90 Å². The molecule has 0 aliphatic heterocycles. The highest BCUT2D eigenvalue weighted by atomic mass is 35.5. The van der Waals surface area contributed by atoms with Gasteiger partial charge in [0.05, 0.1) is 6.42 Å². The third-order valence-corrected chi connectivity index (χ3v) is 3.90. The van der Waals surface area contributed by atoms with Crippen LogP contribution in [0.1, 0.15) is 34.6 Å². The minimum Gasteiger partial charge on any atom is -0.481 e. The van der Waals surface area contributed by atoms with Gasteiger partial charge in [0.25, 0.3) is 0 Å². The number of hydrogen-bond acceptors (Lipinski definition) is 1. The Morgan fingerprint density at radius 2 is 1.40 bits per heavy atom. The second kappa shape index (κ2) is 6.10. The van der Waals surface area contributed by atoms with Crippen LogP contribution in [-0.4, -0.2) is 11.1 Å². The topological polar surface area (TPSA) is 37.3 Å². The van der Waals surface area contributed by atoms with Gasteiger partial charge in [0.2, 0.25) is 0 Å². The van der Waals surface area contributed by atoms with Crippen LogP contribution in [0.15, 0.2) is 48.5 Å². The average molecular weight is 289 g/mol. The highest BCUT2D eigenvalue weighted by molar-refractivity contribution is 5.85. The molecule has 1 N–H and O–H groups in total. The molecular weight excluding hydrogens is 272 g/mol. The van der Waals surface area contributed by atoms with E-state index < -0.39 is 5.97 Å². The van der Waals surface area contributed by atoms with Gasteiger partial charge in [-0.25, -0.2) is 0 Å². The van der Waals surface area contributed by atoms with Gasteiger partial charge in [-0.05, 0) is 35.1 Å². The fourth-order valence-electron chi connectivity index (χ4n) is 3.04. The molecule has 3 heteroatoms. The van der Waals surface area contributed by atoms with Crippen molar-refractivity contribution in [3.8, 4) is 0 Å². The molecule has 0 radical (unpaired) electrons. The lowest BCUT2D eigenvalue weighted by Crippen LogP contribution is -2.09. The van der Waals surface area contributed by atoms with Gasteiger partial charge in [-0.2, -0.15) is 0 Å². The summed E-state index contributed by atoms with van der Waals surface area (Å²) in [6.07, 6.45) is 2.14. The molecule has 0 saturated carbocycles. The van der Waals surface area contributed by atoms with Crippen molar-refractivity contribution in [2.75, 3.05) is 0 Å². The zero-order valence-electron chi connectivity index (χ0n) is 11.1. The maximum absolute atomic E-state index is 11.2. The molecule has 0 fully saturated rings. The molecule has 0 bridgehead atoms. The van der Waals surface area contributed by atoms with Crippen molar-refractivity contribution in [1.82, 2.24) is 0 Å². The standard InChI is InChI=1S/C17H16O2.ClH/c18-17(19)11-16-14-7-3-1-5-12(14)9-10-13-6-2-4-8-15(13)16;/h1-8,16H,9-11H2,(H,18,19);1H. The molecule has 2 aromatic rings. The molecule has 104 valence electrons. The molecule has 3 rings (SSSR count). The number of aryl methyl sites for hydroxylation is 2. The van der Waals surface area contributed by atoms with Gasteiger partial charge < -0.3 is 5.11 Å². The molecule has 0 unspecified atom stereocenters. The molecule has 20 heavy (non-hydrogen) atoms. The molecule has 1 aliphatic carbocycles. The molecule has 1 aliphatic rings. The van der Waals surface area contributed by atoms with Crippen molar-refractivity contribution in [1.29, 1.82) is 0 Å². The first-order chi connectivity index (χ1) is 9.25. The molecule has 0 heterocycles. The SMILES string of the molecule is Cl.O=C(O)CC1c2ccccc2CCc2ccccc21. The Kier molecular flexibility index (Phi) is 4.46. The molecule has 0 amide bonds. The first-order valence-electron chi connectivity index (χ1n) is 6.63. The highest BCUT2D eigenvalue weighted by Gasteiger charge is 2.24. The number of carboxylic acids is 1. The largest absolute Gasteiger partial charge is 0.481 e. The monoisotopic (exact) mass is 288 g/mol. The van der Waals surface area contributed by atoms with E-state index in [0.29, 0.717) is 0 Å². The van der Waals surface area contributed by atoms with Crippen LogP contribution in [0.2, 0.25) is 0 Å². The van der Waals surface area contributed by atoms with Gasteiger partial charge in [0.15, 0.2) is 0 Å². The summed E-state index contributed by atoms with van der Waals surface area (Å²) >= 11 is 0. The van der Waals surface area contributed by atoms with E-state index >= 15 is 0 Å². The number of halogens is 1. The maximum atomic E-state index is 11.2. The highest BCUT2D eigenvalue weighted by Crippen LogP contribution is 2.36. The van der Waals surface area contributed by atoms with Crippen molar-refractivity contribution >= 4 is 18.4 Å². The first kappa shape index (κ1) is 14.6. The fraction of sp³-hybridized carbons (Fsp3) is 0.235. The van der Waals surface area contributed by atoms with Gasteiger partial charge in [-0.1, -0.05) is 48.5 Å². The Morgan fingerprint density at radius 1 is 0.950 bits per heavy atom. The first-order valence-corrected chi connectivity index (χ1v) is 6.63. The van der Waals surface area contributed by atoms with Crippen LogP contribution in [0.3, 0.4) is 0 Å². The number of carbonyl (C=O) groups is 1. The van der Waals surface area contributed by atoms with Crippen molar-refractivity contribution in [2.45, 2.75) is 25.2 Å². The molecule has 0 saturated heterocycles. The van der Waals surface area contributed by atoms with E-state index in [-0.39, 0.29) is 24.7 Å². The van der Waals surface area contributed by atoms with E-state index in [9.17, 15) is 9.90 Å². The van der Waals surface area contributed by atoms with E-state index in [4.69, 9.17) is 0 Å². The van der Waals surface area contributed by atoms with Gasteiger partial charge in [0.1, 0.15) is 0 Å². The lowest BCUT2D eigenvalue weighted by atomic mass is 9.86. The normalized spacial score (nSPS) is 13.6. The quantitative estimate of drug-likeness (QED) is 0.912. The number of rotatable bonds is 2. The van der Waals surface area contributed by atoms with E-state index in [1.165, 1.54) is 22.3 Å². The predicted molar refractivity (Wildman–Crippen MR) is 81.6 cm³/mol. The molecule has 2 aromatic carbocycles. The van der Waals surface area contributed by atoms with E-state index in [2.05, 4.69) is 24.3 Å². The van der Waals surface area contributed by atoms with Gasteiger partial charge in [-0.3, -0.25) is 4.79 Å². The number of aliphatic carboxylic acids is 1. The van der Waals surface area contributed by atoms with Gasteiger partial charge in [0, 0.05) is 5.92 Å². The molecule has 2 nitrogen and oxygen atoms in total. The second-order valence-corrected chi connectivity index (χ2v) is 5.05. The lowest BCUT2D eigenvalue weighted by molar-refractivity contribution is -0.137. The van der Waals surface area contributed by atoms with E-state index in [1.54, 1.807) is 0 Å². The smallest absolute Gasteiger partial charge is 0.304 e. The number of fused-ring (bicyclic) bond motifs is 2. The number of benzene rings is 2. The Morgan fingerprint density at radius 3 is 1.85 bits per heavy atom. The van der Waals surface area contributed by atoms with Crippen LogP contribution in [0.5, 0.6) is 0 Å². The summed E-state index contributed by atoms with van der Waals surface area (Å²) in [4.78, 5) is 11.2. The van der Waals surface area contributed by atoms with Crippen LogP contribution < -0.4 is 0 Å². The maximum Gasteiger partial charge on any atom is 0.304 e. The Labute approximate surface area is 124 Å². The van der Waals surface area contributed by atoms with E-state index in [0.717, 1.165) is 12.8 Å². The van der Waals surface area contributed by atoms with Crippen LogP contribution in [0, 0.1) is 0 Å². The second-order valence-electron chi connectivity index (χ2n) is 5.05. The molecular formula is C17H17ClO2. The van der Waals surface area contributed by atoms with Crippen LogP contribution >= 0.6 is 12.4 Å².